The Labute approximate surface area is 119 Å². The number of benzene rings is 1. The molecule has 0 N–H and O–H groups in total. The quantitative estimate of drug-likeness (QED) is 0.693. The second-order valence-electron chi connectivity index (χ2n) is 3.74. The van der Waals surface area contributed by atoms with Gasteiger partial charge >= 0.3 is 0 Å². The van der Waals surface area contributed by atoms with E-state index in [4.69, 9.17) is 4.74 Å². The SMILES string of the molecule is Cc1cccc(C(=O)Br)c1COc1ccn(S)n1. The minimum Gasteiger partial charge on any atom is -0.472 e. The van der Waals surface area contributed by atoms with Crippen molar-refractivity contribution >= 4 is 33.4 Å². The Kier molecular flexibility index (Phi) is 4.08. The van der Waals surface area contributed by atoms with E-state index in [9.17, 15) is 4.79 Å². The van der Waals surface area contributed by atoms with Crippen LogP contribution in [0.5, 0.6) is 5.88 Å². The van der Waals surface area contributed by atoms with E-state index in [-0.39, 0.29) is 4.69 Å². The molecular formula is C12H11BrN2O2S. The van der Waals surface area contributed by atoms with Crippen molar-refractivity contribution in [3.8, 4) is 5.88 Å². The number of aryl methyl sites for hydroxylation is 1. The number of thiol groups is 1. The van der Waals surface area contributed by atoms with Crippen molar-refractivity contribution in [3.05, 3.63) is 47.2 Å². The van der Waals surface area contributed by atoms with Gasteiger partial charge in [0.05, 0.1) is 0 Å². The highest BCUT2D eigenvalue weighted by molar-refractivity contribution is 9.18. The van der Waals surface area contributed by atoms with E-state index in [0.717, 1.165) is 11.1 Å². The second kappa shape index (κ2) is 5.58. The standard InChI is InChI=1S/C12H11BrN2O2S/c1-8-3-2-4-9(12(13)16)10(8)7-17-11-5-6-15(18)14-11/h2-6,18H,7H2,1H3. The average molecular weight is 327 g/mol. The molecule has 0 atom stereocenters. The summed E-state index contributed by atoms with van der Waals surface area (Å²) in [7, 11) is 0. The molecule has 0 fully saturated rings. The Hall–Kier alpha value is -1.27. The number of hydrogen-bond donors (Lipinski definition) is 1. The van der Waals surface area contributed by atoms with E-state index in [1.807, 2.05) is 19.1 Å². The van der Waals surface area contributed by atoms with E-state index in [1.54, 1.807) is 18.3 Å². The Balaban J connectivity index is 2.20. The Bertz CT molecular complexity index is 583. The Morgan fingerprint density at radius 3 is 2.89 bits per heavy atom. The first kappa shape index (κ1) is 13.2. The van der Waals surface area contributed by atoms with Gasteiger partial charge in [0.1, 0.15) is 6.61 Å². The molecule has 0 unspecified atom stereocenters. The van der Waals surface area contributed by atoms with Crippen molar-refractivity contribution in [2.24, 2.45) is 0 Å². The highest BCUT2D eigenvalue weighted by Crippen LogP contribution is 2.19. The van der Waals surface area contributed by atoms with Crippen LogP contribution in [-0.4, -0.2) is 13.9 Å². The molecule has 1 aromatic carbocycles. The molecule has 0 radical (unpaired) electrons. The fourth-order valence-electron chi connectivity index (χ4n) is 1.60. The summed E-state index contributed by atoms with van der Waals surface area (Å²) in [6, 6.07) is 7.26. The van der Waals surface area contributed by atoms with Crippen LogP contribution >= 0.6 is 28.7 Å². The summed E-state index contributed by atoms with van der Waals surface area (Å²) in [6.07, 6.45) is 1.67. The summed E-state index contributed by atoms with van der Waals surface area (Å²) in [6.45, 7) is 2.24. The van der Waals surface area contributed by atoms with E-state index in [2.05, 4.69) is 33.8 Å². The van der Waals surface area contributed by atoms with Crippen molar-refractivity contribution in [2.45, 2.75) is 13.5 Å². The molecule has 0 aliphatic heterocycles. The van der Waals surface area contributed by atoms with Gasteiger partial charge in [-0.3, -0.25) is 4.79 Å². The summed E-state index contributed by atoms with van der Waals surface area (Å²) in [4.78, 5) is 11.5. The Morgan fingerprint density at radius 1 is 1.50 bits per heavy atom. The Morgan fingerprint density at radius 2 is 2.28 bits per heavy atom. The van der Waals surface area contributed by atoms with Crippen LogP contribution in [0.3, 0.4) is 0 Å². The maximum Gasteiger partial charge on any atom is 0.234 e. The third-order valence-corrected chi connectivity index (χ3v) is 3.19. The first-order valence-corrected chi connectivity index (χ1v) is 6.43. The largest absolute Gasteiger partial charge is 0.472 e. The summed E-state index contributed by atoms with van der Waals surface area (Å²) < 4.78 is 6.75. The van der Waals surface area contributed by atoms with Crippen LogP contribution < -0.4 is 4.74 Å². The van der Waals surface area contributed by atoms with Gasteiger partial charge in [0.2, 0.25) is 10.6 Å². The van der Waals surface area contributed by atoms with Crippen LogP contribution in [0, 0.1) is 6.92 Å². The third-order valence-electron chi connectivity index (χ3n) is 2.54. The van der Waals surface area contributed by atoms with Crippen molar-refractivity contribution < 1.29 is 9.53 Å². The molecule has 0 bridgehead atoms. The van der Waals surface area contributed by atoms with E-state index >= 15 is 0 Å². The molecule has 0 saturated carbocycles. The van der Waals surface area contributed by atoms with Crippen LogP contribution in [0.15, 0.2) is 30.5 Å². The highest BCUT2D eigenvalue weighted by atomic mass is 79.9. The first-order valence-electron chi connectivity index (χ1n) is 5.24. The normalized spacial score (nSPS) is 10.4. The third kappa shape index (κ3) is 2.94. The molecule has 0 amide bonds. The smallest absolute Gasteiger partial charge is 0.234 e. The molecule has 2 rings (SSSR count). The lowest BCUT2D eigenvalue weighted by Crippen LogP contribution is -2.05. The van der Waals surface area contributed by atoms with Crippen LogP contribution in [0.25, 0.3) is 0 Å². The van der Waals surface area contributed by atoms with Crippen LogP contribution in [0.2, 0.25) is 0 Å². The number of carbonyl (C=O) groups excluding carboxylic acids is 1. The fourth-order valence-corrected chi connectivity index (χ4v) is 2.13. The lowest BCUT2D eigenvalue weighted by atomic mass is 10.0. The molecule has 0 saturated heterocycles. The van der Waals surface area contributed by atoms with Gasteiger partial charge in [-0.25, -0.2) is 4.09 Å². The molecule has 1 aromatic heterocycles. The van der Waals surface area contributed by atoms with Crippen LogP contribution in [0.1, 0.15) is 21.5 Å². The van der Waals surface area contributed by atoms with Gasteiger partial charge in [-0.05, 0) is 41.2 Å². The van der Waals surface area contributed by atoms with Gasteiger partial charge < -0.3 is 4.74 Å². The number of ether oxygens (including phenoxy) is 1. The molecule has 18 heavy (non-hydrogen) atoms. The minimum atomic E-state index is -0.149. The fraction of sp³-hybridized carbons (Fsp3) is 0.167. The predicted molar refractivity (Wildman–Crippen MR) is 75.4 cm³/mol. The zero-order valence-electron chi connectivity index (χ0n) is 9.63. The lowest BCUT2D eigenvalue weighted by Gasteiger charge is -2.10. The monoisotopic (exact) mass is 326 g/mol. The van der Waals surface area contributed by atoms with Crippen molar-refractivity contribution in [3.63, 3.8) is 0 Å². The maximum atomic E-state index is 11.5. The van der Waals surface area contributed by atoms with Gasteiger partial charge in [0.15, 0.2) is 0 Å². The van der Waals surface area contributed by atoms with E-state index < -0.39 is 0 Å². The number of nitrogens with zero attached hydrogens (tertiary/aromatic N) is 2. The van der Waals surface area contributed by atoms with Crippen molar-refractivity contribution in [1.82, 2.24) is 9.19 Å². The molecule has 2 aromatic rings. The zero-order chi connectivity index (χ0) is 13.1. The van der Waals surface area contributed by atoms with Crippen molar-refractivity contribution in [2.75, 3.05) is 0 Å². The maximum absolute atomic E-state index is 11.5. The summed E-state index contributed by atoms with van der Waals surface area (Å²) in [5.74, 6) is 0.473. The summed E-state index contributed by atoms with van der Waals surface area (Å²) in [5, 5.41) is 3.99. The highest BCUT2D eigenvalue weighted by Gasteiger charge is 2.11. The molecule has 0 aliphatic rings. The van der Waals surface area contributed by atoms with Gasteiger partial charge in [0, 0.05) is 23.4 Å². The second-order valence-corrected chi connectivity index (χ2v) is 4.87. The van der Waals surface area contributed by atoms with Crippen molar-refractivity contribution in [1.29, 1.82) is 0 Å². The summed E-state index contributed by atoms with van der Waals surface area (Å²) >= 11 is 6.99. The predicted octanol–water partition coefficient (Wildman–Crippen LogP) is 3.00. The van der Waals surface area contributed by atoms with Gasteiger partial charge in [-0.15, -0.1) is 5.10 Å². The minimum absolute atomic E-state index is 0.149. The lowest BCUT2D eigenvalue weighted by molar-refractivity contribution is 0.109. The summed E-state index contributed by atoms with van der Waals surface area (Å²) in [5.41, 5.74) is 2.47. The molecule has 0 aliphatic carbocycles. The number of hydrogen-bond acceptors (Lipinski definition) is 4. The molecule has 0 spiro atoms. The molecule has 94 valence electrons. The number of halogens is 1. The van der Waals surface area contributed by atoms with Gasteiger partial charge in [0.25, 0.3) is 0 Å². The number of rotatable bonds is 4. The van der Waals surface area contributed by atoms with Gasteiger partial charge in [-0.2, -0.15) is 0 Å². The zero-order valence-corrected chi connectivity index (χ0v) is 12.1. The van der Waals surface area contributed by atoms with Crippen LogP contribution in [0.4, 0.5) is 0 Å². The first-order chi connectivity index (χ1) is 8.58. The molecule has 4 nitrogen and oxygen atoms in total. The molecular weight excluding hydrogens is 316 g/mol. The van der Waals surface area contributed by atoms with E-state index in [0.29, 0.717) is 18.1 Å². The topological polar surface area (TPSA) is 44.1 Å². The molecule has 1 heterocycles. The van der Waals surface area contributed by atoms with E-state index in [1.165, 1.54) is 4.09 Å². The van der Waals surface area contributed by atoms with Gasteiger partial charge in [-0.1, -0.05) is 18.2 Å². The van der Waals surface area contributed by atoms with Crippen LogP contribution in [-0.2, 0) is 6.61 Å². The molecule has 6 heteroatoms. The number of aromatic nitrogens is 2. The number of carbonyl (C=O) groups is 1. The average Bonchev–Trinajstić information content (AvgIpc) is 2.73.